The molecule has 2 saturated heterocycles. The first-order chi connectivity index (χ1) is 12.0. The van der Waals surface area contributed by atoms with Gasteiger partial charge in [-0.05, 0) is 13.3 Å². The number of H-pyrrole nitrogens is 1. The lowest BCUT2D eigenvalue weighted by molar-refractivity contribution is -0.107. The molecule has 9 nitrogen and oxygen atoms in total. The summed E-state index contributed by atoms with van der Waals surface area (Å²) in [5, 5.41) is 10.9. The summed E-state index contributed by atoms with van der Waals surface area (Å²) in [6, 6.07) is -0.500. The van der Waals surface area contributed by atoms with E-state index < -0.39 is 35.2 Å². The summed E-state index contributed by atoms with van der Waals surface area (Å²) in [4.78, 5) is 36.5. The van der Waals surface area contributed by atoms with Gasteiger partial charge in [-0.25, -0.2) is 9.78 Å². The monoisotopic (exact) mass is 345 g/mol. The minimum absolute atomic E-state index is 0.400. The highest BCUT2D eigenvalue weighted by Gasteiger charge is 2.63. The molecule has 9 heteroatoms. The number of aromatic amines is 1. The number of hydrogen-bond acceptors (Lipinski definition) is 7. The zero-order valence-corrected chi connectivity index (χ0v) is 13.9. The Balaban J connectivity index is 1.82. The summed E-state index contributed by atoms with van der Waals surface area (Å²) in [7, 11) is 0. The van der Waals surface area contributed by atoms with E-state index in [4.69, 9.17) is 4.74 Å². The Bertz CT molecular complexity index is 911. The zero-order valence-electron chi connectivity index (χ0n) is 13.9. The summed E-state index contributed by atoms with van der Waals surface area (Å²) < 4.78 is 7.46. The predicted octanol–water partition coefficient (Wildman–Crippen LogP) is -0.438. The van der Waals surface area contributed by atoms with E-state index in [0.717, 1.165) is 0 Å². The van der Waals surface area contributed by atoms with E-state index in [9.17, 15) is 14.7 Å². The van der Waals surface area contributed by atoms with Crippen molar-refractivity contribution in [1.29, 1.82) is 0 Å². The van der Waals surface area contributed by atoms with E-state index in [2.05, 4.69) is 15.0 Å². The van der Waals surface area contributed by atoms with Gasteiger partial charge in [0.25, 0.3) is 5.56 Å². The number of nitrogens with one attached hydrogen (secondary N) is 1. The van der Waals surface area contributed by atoms with Crippen LogP contribution in [0.15, 0.2) is 34.4 Å². The van der Waals surface area contributed by atoms with Gasteiger partial charge in [-0.1, -0.05) is 6.92 Å². The van der Waals surface area contributed by atoms with E-state index >= 15 is 0 Å². The van der Waals surface area contributed by atoms with Crippen molar-refractivity contribution in [2.45, 2.75) is 44.2 Å². The summed E-state index contributed by atoms with van der Waals surface area (Å²) >= 11 is 0. The highest BCUT2D eigenvalue weighted by atomic mass is 16.6. The average Bonchev–Trinajstić information content (AvgIpc) is 3.07. The van der Waals surface area contributed by atoms with Gasteiger partial charge in [0.05, 0.1) is 12.7 Å². The smallest absolute Gasteiger partial charge is 0.330 e. The molecule has 2 bridgehead atoms. The fourth-order valence-electron chi connectivity index (χ4n) is 3.77. The second kappa shape index (κ2) is 5.50. The maximum Gasteiger partial charge on any atom is 0.330 e. The van der Waals surface area contributed by atoms with Crippen LogP contribution in [0.25, 0.3) is 0 Å². The van der Waals surface area contributed by atoms with Crippen molar-refractivity contribution < 1.29 is 9.84 Å². The van der Waals surface area contributed by atoms with Crippen LogP contribution in [0, 0.1) is 6.92 Å². The molecular weight excluding hydrogens is 326 g/mol. The molecule has 2 aliphatic heterocycles. The second-order valence-corrected chi connectivity index (χ2v) is 6.53. The van der Waals surface area contributed by atoms with Gasteiger partial charge >= 0.3 is 5.69 Å². The molecule has 4 rings (SSSR count). The molecule has 0 aromatic carbocycles. The summed E-state index contributed by atoms with van der Waals surface area (Å²) in [6.45, 7) is 4.01. The fourth-order valence-corrected chi connectivity index (χ4v) is 3.77. The summed E-state index contributed by atoms with van der Waals surface area (Å²) in [5.41, 5.74) is -1.39. The molecule has 25 heavy (non-hydrogen) atoms. The topological polar surface area (TPSA) is 113 Å². The van der Waals surface area contributed by atoms with Gasteiger partial charge in [-0.15, -0.1) is 0 Å². The fraction of sp³-hybridized carbons (Fsp3) is 0.500. The Hall–Kier alpha value is -2.52. The van der Waals surface area contributed by atoms with Crippen LogP contribution in [-0.4, -0.2) is 48.9 Å². The van der Waals surface area contributed by atoms with Gasteiger partial charge in [-0.2, -0.15) is 0 Å². The third-order valence-corrected chi connectivity index (χ3v) is 5.17. The van der Waals surface area contributed by atoms with Crippen molar-refractivity contribution >= 4 is 5.82 Å². The number of rotatable bonds is 3. The maximum absolute atomic E-state index is 12.3. The zero-order chi connectivity index (χ0) is 17.8. The average molecular weight is 345 g/mol. The van der Waals surface area contributed by atoms with Crippen LogP contribution in [0.1, 0.15) is 25.1 Å². The molecule has 2 N–H and O–H groups in total. The van der Waals surface area contributed by atoms with Crippen LogP contribution in [0.2, 0.25) is 0 Å². The molecule has 0 saturated carbocycles. The van der Waals surface area contributed by atoms with Crippen molar-refractivity contribution in [3.8, 4) is 0 Å². The van der Waals surface area contributed by atoms with Gasteiger partial charge in [0.15, 0.2) is 6.23 Å². The number of ether oxygens (including phenoxy) is 1. The molecule has 4 atom stereocenters. The van der Waals surface area contributed by atoms with Crippen LogP contribution in [0.5, 0.6) is 0 Å². The molecule has 4 heterocycles. The Labute approximate surface area is 142 Å². The molecule has 0 spiro atoms. The Morgan fingerprint density at radius 2 is 2.24 bits per heavy atom. The minimum atomic E-state index is -0.795. The van der Waals surface area contributed by atoms with Crippen molar-refractivity contribution in [2.75, 3.05) is 11.4 Å². The normalized spacial score (nSPS) is 30.8. The molecule has 0 aliphatic carbocycles. The molecule has 132 valence electrons. The Morgan fingerprint density at radius 1 is 1.44 bits per heavy atom. The molecule has 2 aromatic heterocycles. The van der Waals surface area contributed by atoms with Gasteiger partial charge < -0.3 is 14.7 Å². The number of fused-ring (bicyclic) bond motifs is 2. The van der Waals surface area contributed by atoms with Gasteiger partial charge in [0, 0.05) is 24.2 Å². The lowest BCUT2D eigenvalue weighted by Gasteiger charge is -2.37. The number of hydrogen-bond donors (Lipinski definition) is 2. The van der Waals surface area contributed by atoms with Crippen LogP contribution in [0.4, 0.5) is 5.82 Å². The lowest BCUT2D eigenvalue weighted by atomic mass is 9.96. The Kier molecular flexibility index (Phi) is 3.51. The molecule has 0 radical (unpaired) electrons. The molecule has 2 aromatic rings. The van der Waals surface area contributed by atoms with E-state index in [-0.39, 0.29) is 0 Å². The van der Waals surface area contributed by atoms with E-state index in [1.807, 2.05) is 11.8 Å². The first-order valence-electron chi connectivity index (χ1n) is 8.17. The highest BCUT2D eigenvalue weighted by molar-refractivity contribution is 5.44. The largest absolute Gasteiger partial charge is 0.388 e. The standard InChI is InChI=1S/C16H19N5O4/c1-3-16-8-21(10-6-17-4-5-18-10)11(12(16)22)14(25-16)20-7-9(2)13(23)19-15(20)24/h4-7,11-12,14,22H,3,8H2,1-2H3,(H,19,23,24)/t11-,12+,14-,16+/m1/s1. The first kappa shape index (κ1) is 16.0. The van der Waals surface area contributed by atoms with Crippen LogP contribution < -0.4 is 16.1 Å². The second-order valence-electron chi connectivity index (χ2n) is 6.53. The lowest BCUT2D eigenvalue weighted by Crippen LogP contribution is -2.48. The Morgan fingerprint density at radius 3 is 2.88 bits per heavy atom. The summed E-state index contributed by atoms with van der Waals surface area (Å²) in [6.07, 6.45) is 5.31. The molecule has 2 fully saturated rings. The van der Waals surface area contributed by atoms with Crippen LogP contribution >= 0.6 is 0 Å². The minimum Gasteiger partial charge on any atom is -0.388 e. The predicted molar refractivity (Wildman–Crippen MR) is 88.4 cm³/mol. The van der Waals surface area contributed by atoms with E-state index in [0.29, 0.717) is 24.3 Å². The number of nitrogens with zero attached hydrogens (tertiary/aromatic N) is 4. The third-order valence-electron chi connectivity index (χ3n) is 5.17. The number of aryl methyl sites for hydroxylation is 1. The molecule has 2 aliphatic rings. The SMILES string of the molecule is CC[C@@]12CN(c3cnccn3)[C@@H]([C@H](n3cc(C)c(=O)[nH]c3=O)O1)[C@@H]2O. The molecule has 0 amide bonds. The van der Waals surface area contributed by atoms with Crippen molar-refractivity contribution in [3.05, 3.63) is 51.2 Å². The van der Waals surface area contributed by atoms with Gasteiger partial charge in [0.2, 0.25) is 0 Å². The van der Waals surface area contributed by atoms with Crippen LogP contribution in [-0.2, 0) is 4.74 Å². The van der Waals surface area contributed by atoms with E-state index in [1.54, 1.807) is 25.5 Å². The number of aliphatic hydroxyl groups excluding tert-OH is 1. The van der Waals surface area contributed by atoms with Gasteiger partial charge in [0.1, 0.15) is 23.6 Å². The molecular formula is C16H19N5O4. The van der Waals surface area contributed by atoms with Crippen molar-refractivity contribution in [2.24, 2.45) is 0 Å². The molecule has 0 unspecified atom stereocenters. The maximum atomic E-state index is 12.3. The van der Waals surface area contributed by atoms with Gasteiger partial charge in [-0.3, -0.25) is 19.3 Å². The number of aromatic nitrogens is 4. The van der Waals surface area contributed by atoms with Crippen molar-refractivity contribution in [1.82, 2.24) is 19.5 Å². The highest BCUT2D eigenvalue weighted by Crippen LogP contribution is 2.48. The number of morpholine rings is 1. The number of aliphatic hydroxyl groups is 1. The third kappa shape index (κ3) is 2.23. The quantitative estimate of drug-likeness (QED) is 0.775. The van der Waals surface area contributed by atoms with E-state index in [1.165, 1.54) is 10.8 Å². The first-order valence-corrected chi connectivity index (χ1v) is 8.17. The van der Waals surface area contributed by atoms with Crippen LogP contribution in [0.3, 0.4) is 0 Å². The summed E-state index contributed by atoms with van der Waals surface area (Å²) in [5.74, 6) is 0.615. The number of anilines is 1. The van der Waals surface area contributed by atoms with Crippen molar-refractivity contribution in [3.63, 3.8) is 0 Å².